The molecule has 1 aromatic carbocycles. The molecule has 0 aliphatic heterocycles. The number of benzene rings is 1. The summed E-state index contributed by atoms with van der Waals surface area (Å²) in [6.45, 7) is 10.5. The van der Waals surface area contributed by atoms with Gasteiger partial charge in [-0.25, -0.2) is 4.39 Å². The van der Waals surface area contributed by atoms with Gasteiger partial charge in [-0.15, -0.1) is 0 Å². The van der Waals surface area contributed by atoms with Crippen molar-refractivity contribution >= 4 is 0 Å². The molecule has 0 saturated heterocycles. The molecule has 0 amide bonds. The lowest BCUT2D eigenvalue weighted by molar-refractivity contribution is 0.405. The minimum Gasteiger partial charge on any atom is -0.505 e. The Balaban J connectivity index is 0.000000331. The Morgan fingerprint density at radius 2 is 1.39 bits per heavy atom. The zero-order valence-electron chi connectivity index (χ0n) is 11.9. The van der Waals surface area contributed by atoms with Crippen LogP contribution < -0.4 is 0 Å². The molecule has 1 nitrogen and oxygen atoms in total. The van der Waals surface area contributed by atoms with Gasteiger partial charge in [-0.2, -0.15) is 4.39 Å². The van der Waals surface area contributed by atoms with Crippen molar-refractivity contribution in [3.63, 3.8) is 0 Å². The first kappa shape index (κ1) is 16.9. The predicted molar refractivity (Wildman–Crippen MR) is 71.7 cm³/mol. The maximum absolute atomic E-state index is 12.5. The van der Waals surface area contributed by atoms with E-state index in [0.717, 1.165) is 17.9 Å². The second-order valence-electron chi connectivity index (χ2n) is 5.39. The number of rotatable bonds is 3. The van der Waals surface area contributed by atoms with Gasteiger partial charge in [0.25, 0.3) is 0 Å². The fourth-order valence-electron chi connectivity index (χ4n) is 1.30. The van der Waals surface area contributed by atoms with E-state index < -0.39 is 17.4 Å². The molecule has 0 spiro atoms. The fourth-order valence-corrected chi connectivity index (χ4v) is 1.30. The molecule has 18 heavy (non-hydrogen) atoms. The molecule has 1 aromatic rings. The molecule has 1 N–H and O–H groups in total. The first-order valence-corrected chi connectivity index (χ1v) is 6.39. The number of phenols is 1. The van der Waals surface area contributed by atoms with Crippen LogP contribution in [-0.2, 0) is 0 Å². The van der Waals surface area contributed by atoms with E-state index in [1.54, 1.807) is 0 Å². The molecule has 3 heteroatoms. The highest BCUT2D eigenvalue weighted by molar-refractivity contribution is 5.28. The van der Waals surface area contributed by atoms with Crippen LogP contribution in [0.1, 0.15) is 46.1 Å². The van der Waals surface area contributed by atoms with Crippen molar-refractivity contribution in [2.45, 2.75) is 47.5 Å². The lowest BCUT2D eigenvalue weighted by Crippen LogP contribution is -1.91. The van der Waals surface area contributed by atoms with Crippen LogP contribution in [0.15, 0.2) is 12.1 Å². The molecule has 0 unspecified atom stereocenters. The quantitative estimate of drug-likeness (QED) is 0.803. The molecule has 0 aliphatic rings. The predicted octanol–water partition coefficient (Wildman–Crippen LogP) is 5.06. The van der Waals surface area contributed by atoms with Crippen LogP contribution in [0.2, 0.25) is 0 Å². The number of hydrogen-bond donors (Lipinski definition) is 1. The van der Waals surface area contributed by atoms with Gasteiger partial charge in [0.2, 0.25) is 5.82 Å². The second kappa shape index (κ2) is 8.06. The van der Waals surface area contributed by atoms with E-state index >= 15 is 0 Å². The average molecular weight is 258 g/mol. The van der Waals surface area contributed by atoms with Gasteiger partial charge in [0, 0.05) is 0 Å². The molecule has 0 fully saturated rings. The number of aryl methyl sites for hydroxylation is 1. The van der Waals surface area contributed by atoms with Crippen LogP contribution in [0.4, 0.5) is 8.78 Å². The van der Waals surface area contributed by atoms with E-state index in [-0.39, 0.29) is 5.56 Å². The van der Waals surface area contributed by atoms with Crippen molar-refractivity contribution in [2.75, 3.05) is 0 Å². The van der Waals surface area contributed by atoms with Crippen LogP contribution in [0.5, 0.6) is 5.75 Å². The first-order valence-electron chi connectivity index (χ1n) is 6.39. The summed E-state index contributed by atoms with van der Waals surface area (Å²) in [5.41, 5.74) is 0.190. The molecule has 0 radical (unpaired) electrons. The van der Waals surface area contributed by atoms with Crippen molar-refractivity contribution < 1.29 is 13.9 Å². The molecule has 0 heterocycles. The summed E-state index contributed by atoms with van der Waals surface area (Å²) in [5, 5.41) is 8.61. The third kappa shape index (κ3) is 6.58. The largest absolute Gasteiger partial charge is 0.505 e. The number of aromatic hydroxyl groups is 1. The lowest BCUT2D eigenvalue weighted by atomic mass is 10.0. The minimum atomic E-state index is -1.18. The average Bonchev–Trinajstić information content (AvgIpc) is 2.30. The Hall–Kier alpha value is -1.12. The highest BCUT2D eigenvalue weighted by Crippen LogP contribution is 2.19. The van der Waals surface area contributed by atoms with Crippen molar-refractivity contribution in [1.82, 2.24) is 0 Å². The summed E-state index contributed by atoms with van der Waals surface area (Å²) in [4.78, 5) is 0. The Morgan fingerprint density at radius 1 is 0.944 bits per heavy atom. The van der Waals surface area contributed by atoms with E-state index in [0.29, 0.717) is 0 Å². The molecular weight excluding hydrogens is 234 g/mol. The van der Waals surface area contributed by atoms with E-state index in [1.165, 1.54) is 25.8 Å². The second-order valence-corrected chi connectivity index (χ2v) is 5.39. The zero-order valence-corrected chi connectivity index (χ0v) is 11.9. The van der Waals surface area contributed by atoms with E-state index in [9.17, 15) is 8.78 Å². The third-order valence-corrected chi connectivity index (χ3v) is 2.58. The van der Waals surface area contributed by atoms with Gasteiger partial charge in [0.05, 0.1) is 0 Å². The lowest BCUT2D eigenvalue weighted by Gasteiger charge is -2.05. The van der Waals surface area contributed by atoms with Crippen LogP contribution in [-0.4, -0.2) is 5.11 Å². The first-order chi connectivity index (χ1) is 8.25. The number of halogens is 2. The van der Waals surface area contributed by atoms with Gasteiger partial charge < -0.3 is 5.11 Å². The SMILES string of the molecule is CC(C)CCC(C)C.Cc1ccc(O)c(F)c1F. The number of hydrogen-bond acceptors (Lipinski definition) is 1. The van der Waals surface area contributed by atoms with Crippen molar-refractivity contribution in [3.8, 4) is 5.75 Å². The minimum absolute atomic E-state index is 0.190. The Labute approximate surface area is 109 Å². The van der Waals surface area contributed by atoms with Crippen molar-refractivity contribution in [3.05, 3.63) is 29.3 Å². The van der Waals surface area contributed by atoms with Crippen molar-refractivity contribution in [1.29, 1.82) is 0 Å². The monoisotopic (exact) mass is 258 g/mol. The molecule has 0 atom stereocenters. The summed E-state index contributed by atoms with van der Waals surface area (Å²) in [5.74, 6) is -1.04. The highest BCUT2D eigenvalue weighted by atomic mass is 19.2. The summed E-state index contributed by atoms with van der Waals surface area (Å²) >= 11 is 0. The summed E-state index contributed by atoms with van der Waals surface area (Å²) < 4.78 is 24.8. The maximum atomic E-state index is 12.5. The molecule has 0 bridgehead atoms. The van der Waals surface area contributed by atoms with Crippen LogP contribution in [0.25, 0.3) is 0 Å². The molecule has 0 aromatic heterocycles. The molecule has 0 aliphatic carbocycles. The van der Waals surface area contributed by atoms with Gasteiger partial charge in [-0.1, -0.05) is 46.6 Å². The van der Waals surface area contributed by atoms with Gasteiger partial charge in [0.15, 0.2) is 11.6 Å². The fraction of sp³-hybridized carbons (Fsp3) is 0.600. The zero-order chi connectivity index (χ0) is 14.3. The molecular formula is C15H24F2O. The van der Waals surface area contributed by atoms with Crippen LogP contribution in [0.3, 0.4) is 0 Å². The van der Waals surface area contributed by atoms with Gasteiger partial charge >= 0.3 is 0 Å². The highest BCUT2D eigenvalue weighted by Gasteiger charge is 2.08. The topological polar surface area (TPSA) is 20.2 Å². The van der Waals surface area contributed by atoms with Crippen LogP contribution in [0, 0.1) is 30.4 Å². The summed E-state index contributed by atoms with van der Waals surface area (Å²) in [6.07, 6.45) is 2.77. The molecule has 1 rings (SSSR count). The normalized spacial score (nSPS) is 10.5. The summed E-state index contributed by atoms with van der Waals surface area (Å²) in [6, 6.07) is 2.43. The van der Waals surface area contributed by atoms with Gasteiger partial charge in [0.1, 0.15) is 0 Å². The van der Waals surface area contributed by atoms with E-state index in [2.05, 4.69) is 27.7 Å². The van der Waals surface area contributed by atoms with E-state index in [4.69, 9.17) is 5.11 Å². The standard InChI is InChI=1S/C8H18.C7H6F2O/c1-7(2)5-6-8(3)4;1-4-2-3-5(10)7(9)6(4)8/h7-8H,5-6H2,1-4H3;2-3,10H,1H3. The number of phenolic OH excluding ortho intramolecular Hbond substituents is 1. The maximum Gasteiger partial charge on any atom is 0.200 e. The summed E-state index contributed by atoms with van der Waals surface area (Å²) in [7, 11) is 0. The Bertz CT molecular complexity index is 325. The third-order valence-electron chi connectivity index (χ3n) is 2.58. The van der Waals surface area contributed by atoms with Gasteiger partial charge in [-0.3, -0.25) is 0 Å². The Morgan fingerprint density at radius 3 is 1.72 bits per heavy atom. The van der Waals surface area contributed by atoms with Crippen LogP contribution >= 0.6 is 0 Å². The van der Waals surface area contributed by atoms with E-state index in [1.807, 2.05) is 0 Å². The smallest absolute Gasteiger partial charge is 0.200 e. The Kier molecular flexibility index (Phi) is 7.56. The molecule has 0 saturated carbocycles. The molecule has 104 valence electrons. The van der Waals surface area contributed by atoms with Gasteiger partial charge in [-0.05, 0) is 30.4 Å². The van der Waals surface area contributed by atoms with Crippen molar-refractivity contribution in [2.24, 2.45) is 11.8 Å².